The third-order valence-electron chi connectivity index (χ3n) is 10.6. The van der Waals surface area contributed by atoms with Crippen LogP contribution in [0.2, 0.25) is 0 Å². The molecule has 3 heterocycles. The Morgan fingerprint density at radius 3 is 1.90 bits per heavy atom. The zero-order valence-corrected chi connectivity index (χ0v) is 27.7. The van der Waals surface area contributed by atoms with E-state index in [1.54, 1.807) is 0 Å². The van der Waals surface area contributed by atoms with Crippen LogP contribution in [0.1, 0.15) is 56.6 Å². The van der Waals surface area contributed by atoms with Crippen molar-refractivity contribution in [1.82, 2.24) is 8.97 Å². The summed E-state index contributed by atoms with van der Waals surface area (Å²) in [6.45, 7) is 6.25. The maximum absolute atomic E-state index is 3.96. The van der Waals surface area contributed by atoms with Crippen LogP contribution in [0.25, 0.3) is 82.8 Å². The molecule has 0 atom stereocenters. The maximum atomic E-state index is 3.96. The summed E-state index contributed by atoms with van der Waals surface area (Å²) in [6, 6.07) is 45.5. The van der Waals surface area contributed by atoms with Gasteiger partial charge in [0.2, 0.25) is 0 Å². The van der Waals surface area contributed by atoms with Gasteiger partial charge >= 0.3 is 0 Å². The molecule has 0 spiro atoms. The molecule has 2 nitrogen and oxygen atoms in total. The number of hydrogen-bond donors (Lipinski definition) is 0. The van der Waals surface area contributed by atoms with E-state index in [-0.39, 0.29) is 0 Å². The SMILES string of the molecule is C=Cc1ccc(-n2c3ccc(CCCCCCCC)cc3c3cc(-c4ccc5c(c4)c4cccc6c7ccccc7n5c64)ccc32)cc1. The molecule has 9 rings (SSSR count). The van der Waals surface area contributed by atoms with E-state index in [1.807, 2.05) is 6.08 Å². The Kier molecular flexibility index (Phi) is 7.04. The lowest BCUT2D eigenvalue weighted by molar-refractivity contribution is 0.607. The lowest BCUT2D eigenvalue weighted by Crippen LogP contribution is -1.94. The molecule has 48 heavy (non-hydrogen) atoms. The number of rotatable bonds is 10. The molecule has 0 saturated carbocycles. The first-order valence-corrected chi connectivity index (χ1v) is 17.7. The van der Waals surface area contributed by atoms with E-state index in [4.69, 9.17) is 0 Å². The van der Waals surface area contributed by atoms with Crippen LogP contribution in [0.5, 0.6) is 0 Å². The van der Waals surface area contributed by atoms with E-state index in [1.165, 1.54) is 121 Å². The molecule has 0 amide bonds. The van der Waals surface area contributed by atoms with Gasteiger partial charge in [0.05, 0.1) is 27.6 Å². The van der Waals surface area contributed by atoms with Crippen molar-refractivity contribution in [3.05, 3.63) is 139 Å². The van der Waals surface area contributed by atoms with Gasteiger partial charge in [-0.05, 0) is 89.7 Å². The molecular weight excluding hydrogens is 581 g/mol. The largest absolute Gasteiger partial charge is 0.309 e. The van der Waals surface area contributed by atoms with E-state index in [0.717, 1.165) is 12.0 Å². The lowest BCUT2D eigenvalue weighted by Gasteiger charge is -2.09. The Balaban J connectivity index is 1.18. The van der Waals surface area contributed by atoms with Gasteiger partial charge in [0.25, 0.3) is 0 Å². The van der Waals surface area contributed by atoms with Crippen LogP contribution in [0.3, 0.4) is 0 Å². The van der Waals surface area contributed by atoms with Crippen LogP contribution >= 0.6 is 0 Å². The molecule has 0 aliphatic carbocycles. The van der Waals surface area contributed by atoms with Crippen molar-refractivity contribution in [2.45, 2.75) is 51.9 Å². The summed E-state index contributed by atoms with van der Waals surface area (Å²) in [4.78, 5) is 0. The number of aryl methyl sites for hydroxylation is 1. The third-order valence-corrected chi connectivity index (χ3v) is 10.6. The molecule has 0 fully saturated rings. The first-order valence-electron chi connectivity index (χ1n) is 17.7. The van der Waals surface area contributed by atoms with Crippen LogP contribution in [-0.2, 0) is 6.42 Å². The molecule has 0 radical (unpaired) electrons. The smallest absolute Gasteiger partial charge is 0.0620 e. The van der Waals surface area contributed by atoms with Gasteiger partial charge in [-0.3, -0.25) is 0 Å². The van der Waals surface area contributed by atoms with Gasteiger partial charge in [0.1, 0.15) is 0 Å². The Morgan fingerprint density at radius 1 is 0.521 bits per heavy atom. The van der Waals surface area contributed by atoms with Crippen LogP contribution in [0.15, 0.2) is 128 Å². The predicted molar refractivity (Wildman–Crippen MR) is 208 cm³/mol. The second-order valence-corrected chi connectivity index (χ2v) is 13.5. The average Bonchev–Trinajstić information content (AvgIpc) is 3.77. The normalized spacial score (nSPS) is 12.1. The van der Waals surface area contributed by atoms with Crippen molar-refractivity contribution in [3.63, 3.8) is 0 Å². The average molecular weight is 621 g/mol. The Bertz CT molecular complexity index is 2610. The number of benzene rings is 6. The summed E-state index contributed by atoms with van der Waals surface area (Å²) in [5.74, 6) is 0. The first kappa shape index (κ1) is 28.8. The van der Waals surface area contributed by atoms with E-state index >= 15 is 0 Å². The molecule has 0 saturated heterocycles. The van der Waals surface area contributed by atoms with Crippen LogP contribution in [0, 0.1) is 0 Å². The summed E-state index contributed by atoms with van der Waals surface area (Å²) < 4.78 is 4.89. The first-order chi connectivity index (χ1) is 23.7. The monoisotopic (exact) mass is 620 g/mol. The van der Waals surface area contributed by atoms with E-state index in [2.05, 4.69) is 144 Å². The molecule has 0 aliphatic heterocycles. The van der Waals surface area contributed by atoms with Gasteiger partial charge < -0.3 is 8.97 Å². The quantitative estimate of drug-likeness (QED) is 0.135. The Morgan fingerprint density at radius 2 is 1.12 bits per heavy atom. The molecule has 6 aromatic carbocycles. The van der Waals surface area contributed by atoms with Crippen LogP contribution < -0.4 is 0 Å². The molecule has 9 aromatic rings. The summed E-state index contributed by atoms with van der Waals surface area (Å²) in [7, 11) is 0. The summed E-state index contributed by atoms with van der Waals surface area (Å²) in [5, 5.41) is 7.91. The summed E-state index contributed by atoms with van der Waals surface area (Å²) in [5.41, 5.74) is 12.6. The fourth-order valence-corrected chi connectivity index (χ4v) is 8.17. The van der Waals surface area contributed by atoms with Gasteiger partial charge in [-0.1, -0.05) is 118 Å². The standard InChI is InChI=1S/C46H40N2/c1-3-5-6-7-8-9-13-32-20-25-43-39(28-32)41-30-34(21-26-44(41)47(43)35-23-18-31(4-2)19-24-35)33-22-27-45-40(29-33)38-16-12-15-37-36-14-10-11-17-42(36)48(45)46(37)38/h4,10-12,14-30H,2-3,5-9,13H2,1H3. The third kappa shape index (κ3) is 4.54. The molecule has 0 unspecified atom stereocenters. The molecule has 234 valence electrons. The Hall–Kier alpha value is -5.34. The van der Waals surface area contributed by atoms with Gasteiger partial charge in [-0.15, -0.1) is 0 Å². The van der Waals surface area contributed by atoms with Crippen molar-refractivity contribution in [3.8, 4) is 16.8 Å². The molecule has 2 heteroatoms. The second kappa shape index (κ2) is 11.7. The van der Waals surface area contributed by atoms with Crippen molar-refractivity contribution in [1.29, 1.82) is 0 Å². The van der Waals surface area contributed by atoms with Crippen LogP contribution in [0.4, 0.5) is 0 Å². The summed E-state index contributed by atoms with van der Waals surface area (Å²) in [6.07, 6.45) is 11.0. The highest BCUT2D eigenvalue weighted by Gasteiger charge is 2.18. The summed E-state index contributed by atoms with van der Waals surface area (Å²) >= 11 is 0. The van der Waals surface area contributed by atoms with Crippen molar-refractivity contribution in [2.24, 2.45) is 0 Å². The minimum Gasteiger partial charge on any atom is -0.309 e. The molecule has 3 aromatic heterocycles. The number of para-hydroxylation sites is 2. The van der Waals surface area contributed by atoms with Gasteiger partial charge in [-0.25, -0.2) is 0 Å². The molecule has 0 bridgehead atoms. The van der Waals surface area contributed by atoms with E-state index in [0.29, 0.717) is 0 Å². The highest BCUT2D eigenvalue weighted by molar-refractivity contribution is 6.23. The molecular formula is C46H40N2. The van der Waals surface area contributed by atoms with Gasteiger partial charge in [0, 0.05) is 38.0 Å². The fraction of sp³-hybridized carbons (Fsp3) is 0.174. The van der Waals surface area contributed by atoms with Crippen LogP contribution in [-0.4, -0.2) is 8.97 Å². The maximum Gasteiger partial charge on any atom is 0.0620 e. The van der Waals surface area contributed by atoms with Crippen molar-refractivity contribution < 1.29 is 0 Å². The number of aromatic nitrogens is 2. The van der Waals surface area contributed by atoms with Crippen molar-refractivity contribution in [2.75, 3.05) is 0 Å². The highest BCUT2D eigenvalue weighted by atomic mass is 15.0. The van der Waals surface area contributed by atoms with E-state index in [9.17, 15) is 0 Å². The zero-order chi connectivity index (χ0) is 32.2. The Labute approximate surface area is 281 Å². The second-order valence-electron chi connectivity index (χ2n) is 13.5. The molecule has 0 aliphatic rings. The van der Waals surface area contributed by atoms with Gasteiger partial charge in [0.15, 0.2) is 0 Å². The predicted octanol–water partition coefficient (Wildman–Crippen LogP) is 13.1. The highest BCUT2D eigenvalue weighted by Crippen LogP contribution is 2.41. The number of nitrogens with zero attached hydrogens (tertiary/aromatic N) is 2. The fourth-order valence-electron chi connectivity index (χ4n) is 8.17. The zero-order valence-electron chi connectivity index (χ0n) is 27.7. The number of hydrogen-bond acceptors (Lipinski definition) is 0. The number of fused-ring (bicyclic) bond motifs is 9. The van der Waals surface area contributed by atoms with E-state index < -0.39 is 0 Å². The number of unbranched alkanes of at least 4 members (excludes halogenated alkanes) is 5. The van der Waals surface area contributed by atoms with Gasteiger partial charge in [-0.2, -0.15) is 0 Å². The van der Waals surface area contributed by atoms with Crippen molar-refractivity contribution >= 4 is 66.0 Å². The lowest BCUT2D eigenvalue weighted by atomic mass is 9.99. The topological polar surface area (TPSA) is 9.34 Å². The molecule has 0 N–H and O–H groups in total. The minimum atomic E-state index is 1.13. The minimum absolute atomic E-state index is 1.13.